The average molecular weight is 343 g/mol. The van der Waals surface area contributed by atoms with Gasteiger partial charge >= 0.3 is 0 Å². The highest BCUT2D eigenvalue weighted by Gasteiger charge is 2.26. The summed E-state index contributed by atoms with van der Waals surface area (Å²) in [7, 11) is -2.93. The second-order valence-electron chi connectivity index (χ2n) is 6.92. The maximum absolute atomic E-state index is 11.8. The van der Waals surface area contributed by atoms with E-state index in [9.17, 15) is 8.42 Å². The first kappa shape index (κ1) is 17.2. The number of benzene rings is 2. The van der Waals surface area contributed by atoms with Crippen molar-refractivity contribution in [3.8, 4) is 0 Å². The van der Waals surface area contributed by atoms with Crippen molar-refractivity contribution in [3.05, 3.63) is 70.8 Å². The summed E-state index contributed by atoms with van der Waals surface area (Å²) in [5, 5.41) is 0. The fourth-order valence-electron chi connectivity index (χ4n) is 3.85. The highest BCUT2D eigenvalue weighted by atomic mass is 32.2. The van der Waals surface area contributed by atoms with E-state index in [-0.39, 0.29) is 11.5 Å². The Morgan fingerprint density at radius 1 is 0.833 bits per heavy atom. The molecule has 2 aromatic carbocycles. The molecule has 0 amide bonds. The van der Waals surface area contributed by atoms with Crippen molar-refractivity contribution in [1.29, 1.82) is 0 Å². The lowest BCUT2D eigenvalue weighted by molar-refractivity contribution is 0.508. The molecule has 0 aliphatic carbocycles. The molecule has 0 N–H and O–H groups in total. The second kappa shape index (κ2) is 7.10. The van der Waals surface area contributed by atoms with Crippen LogP contribution in [0, 0.1) is 0 Å². The van der Waals surface area contributed by atoms with Crippen LogP contribution in [-0.4, -0.2) is 8.42 Å². The molecule has 24 heavy (non-hydrogen) atoms. The van der Waals surface area contributed by atoms with E-state index >= 15 is 0 Å². The third-order valence-electron chi connectivity index (χ3n) is 5.28. The molecule has 0 saturated heterocycles. The first-order chi connectivity index (χ1) is 11.5. The number of sulfone groups is 1. The minimum absolute atomic E-state index is 0.209. The van der Waals surface area contributed by atoms with Crippen LogP contribution >= 0.6 is 0 Å². The highest BCUT2D eigenvalue weighted by Crippen LogP contribution is 2.36. The summed E-state index contributed by atoms with van der Waals surface area (Å²) in [6.45, 7) is 4.48. The molecule has 0 spiro atoms. The van der Waals surface area contributed by atoms with Crippen molar-refractivity contribution in [2.24, 2.45) is 0 Å². The molecular formula is C21H26O2S. The molecule has 0 saturated carbocycles. The van der Waals surface area contributed by atoms with Gasteiger partial charge in [-0.05, 0) is 53.4 Å². The van der Waals surface area contributed by atoms with Gasteiger partial charge in [-0.15, -0.1) is 0 Å². The molecule has 0 bridgehead atoms. The standard InChI is InChI=1S/C21H26O2S/c1-3-16(18-8-6-5-7-9-18)12-17(4-2)19-10-11-20-14-24(22,23)15-21(20)13-19/h5-11,13,16-17H,3-4,12,14-15H2,1-2H3. The normalized spacial score (nSPS) is 18.1. The lowest BCUT2D eigenvalue weighted by Crippen LogP contribution is -2.06. The molecule has 1 heterocycles. The fourth-order valence-corrected chi connectivity index (χ4v) is 5.45. The molecule has 1 aliphatic heterocycles. The molecule has 0 radical (unpaired) electrons. The SMILES string of the molecule is CCC(CC(CC)c1ccc2c(c1)CS(=O)(=O)C2)c1ccccc1. The Labute approximate surface area is 145 Å². The highest BCUT2D eigenvalue weighted by molar-refractivity contribution is 7.90. The maximum Gasteiger partial charge on any atom is 0.158 e. The molecule has 2 nitrogen and oxygen atoms in total. The zero-order valence-electron chi connectivity index (χ0n) is 14.5. The van der Waals surface area contributed by atoms with Crippen LogP contribution in [0.1, 0.15) is 67.2 Å². The van der Waals surface area contributed by atoms with Gasteiger partial charge in [-0.25, -0.2) is 8.42 Å². The van der Waals surface area contributed by atoms with E-state index in [0.717, 1.165) is 30.4 Å². The van der Waals surface area contributed by atoms with E-state index in [1.165, 1.54) is 11.1 Å². The molecule has 3 rings (SSSR count). The molecule has 0 fully saturated rings. The number of fused-ring (bicyclic) bond motifs is 1. The summed E-state index contributed by atoms with van der Waals surface area (Å²) in [4.78, 5) is 0. The van der Waals surface area contributed by atoms with Crippen LogP contribution in [0.5, 0.6) is 0 Å². The van der Waals surface area contributed by atoms with Gasteiger partial charge in [0.25, 0.3) is 0 Å². The molecule has 3 heteroatoms. The van der Waals surface area contributed by atoms with Gasteiger partial charge in [0, 0.05) is 0 Å². The zero-order chi connectivity index (χ0) is 17.2. The van der Waals surface area contributed by atoms with Crippen molar-refractivity contribution >= 4 is 9.84 Å². The van der Waals surface area contributed by atoms with Crippen molar-refractivity contribution in [3.63, 3.8) is 0 Å². The predicted octanol–water partition coefficient (Wildman–Crippen LogP) is 5.19. The third-order valence-corrected chi connectivity index (χ3v) is 6.78. The molecule has 1 aliphatic rings. The Morgan fingerprint density at radius 3 is 2.12 bits per heavy atom. The van der Waals surface area contributed by atoms with E-state index in [1.54, 1.807) is 0 Å². The van der Waals surface area contributed by atoms with Crippen molar-refractivity contribution in [1.82, 2.24) is 0 Å². The Kier molecular flexibility index (Phi) is 5.09. The first-order valence-electron chi connectivity index (χ1n) is 8.89. The van der Waals surface area contributed by atoms with E-state index < -0.39 is 9.84 Å². The number of hydrogen-bond acceptors (Lipinski definition) is 2. The van der Waals surface area contributed by atoms with Gasteiger partial charge in [-0.1, -0.05) is 62.4 Å². The van der Waals surface area contributed by atoms with Crippen LogP contribution in [-0.2, 0) is 21.3 Å². The summed E-state index contributed by atoms with van der Waals surface area (Å²) < 4.78 is 23.7. The summed E-state index contributed by atoms with van der Waals surface area (Å²) in [5.74, 6) is 1.45. The van der Waals surface area contributed by atoms with Crippen LogP contribution < -0.4 is 0 Å². The predicted molar refractivity (Wildman–Crippen MR) is 99.9 cm³/mol. The molecule has 2 atom stereocenters. The molecular weight excluding hydrogens is 316 g/mol. The topological polar surface area (TPSA) is 34.1 Å². The van der Waals surface area contributed by atoms with E-state index in [2.05, 4.69) is 56.3 Å². The number of hydrogen-bond donors (Lipinski definition) is 0. The lowest BCUT2D eigenvalue weighted by Gasteiger charge is -2.23. The van der Waals surface area contributed by atoms with Crippen molar-refractivity contribution in [2.75, 3.05) is 0 Å². The molecule has 128 valence electrons. The van der Waals surface area contributed by atoms with E-state index in [0.29, 0.717) is 11.8 Å². The van der Waals surface area contributed by atoms with Gasteiger partial charge < -0.3 is 0 Å². The average Bonchev–Trinajstić information content (AvgIpc) is 2.89. The Bertz CT molecular complexity index is 794. The third kappa shape index (κ3) is 3.72. The number of rotatable bonds is 6. The summed E-state index contributed by atoms with van der Waals surface area (Å²) >= 11 is 0. The summed E-state index contributed by atoms with van der Waals surface area (Å²) in [6.07, 6.45) is 3.32. The second-order valence-corrected chi connectivity index (χ2v) is 8.98. The van der Waals surface area contributed by atoms with Crippen LogP contribution in [0.15, 0.2) is 48.5 Å². The minimum atomic E-state index is -2.93. The molecule has 2 aromatic rings. The molecule has 0 aromatic heterocycles. The van der Waals surface area contributed by atoms with Crippen LogP contribution in [0.25, 0.3) is 0 Å². The van der Waals surface area contributed by atoms with Gasteiger partial charge in [0.2, 0.25) is 0 Å². The van der Waals surface area contributed by atoms with Gasteiger partial charge in [-0.2, -0.15) is 0 Å². The smallest absolute Gasteiger partial charge is 0.158 e. The van der Waals surface area contributed by atoms with Crippen molar-refractivity contribution in [2.45, 2.75) is 56.5 Å². The monoisotopic (exact) mass is 342 g/mol. The van der Waals surface area contributed by atoms with E-state index in [1.807, 2.05) is 6.07 Å². The first-order valence-corrected chi connectivity index (χ1v) is 10.7. The summed E-state index contributed by atoms with van der Waals surface area (Å²) in [5.41, 5.74) is 4.70. The van der Waals surface area contributed by atoms with Crippen LogP contribution in [0.2, 0.25) is 0 Å². The van der Waals surface area contributed by atoms with Crippen LogP contribution in [0.4, 0.5) is 0 Å². The minimum Gasteiger partial charge on any atom is -0.228 e. The molecule has 2 unspecified atom stereocenters. The van der Waals surface area contributed by atoms with Gasteiger partial charge in [0.1, 0.15) is 0 Å². The quantitative estimate of drug-likeness (QED) is 0.724. The zero-order valence-corrected chi connectivity index (χ0v) is 15.4. The Balaban J connectivity index is 1.82. The van der Waals surface area contributed by atoms with Crippen LogP contribution in [0.3, 0.4) is 0 Å². The van der Waals surface area contributed by atoms with E-state index in [4.69, 9.17) is 0 Å². The lowest BCUT2D eigenvalue weighted by atomic mass is 9.82. The largest absolute Gasteiger partial charge is 0.228 e. The van der Waals surface area contributed by atoms with Gasteiger partial charge in [-0.3, -0.25) is 0 Å². The Hall–Kier alpha value is -1.61. The Morgan fingerprint density at radius 2 is 1.46 bits per heavy atom. The fraction of sp³-hybridized carbons (Fsp3) is 0.429. The van der Waals surface area contributed by atoms with Gasteiger partial charge in [0.15, 0.2) is 9.84 Å². The summed E-state index contributed by atoms with van der Waals surface area (Å²) in [6, 6.07) is 17.0. The van der Waals surface area contributed by atoms with Crippen molar-refractivity contribution < 1.29 is 8.42 Å². The maximum atomic E-state index is 11.8. The van der Waals surface area contributed by atoms with Gasteiger partial charge in [0.05, 0.1) is 11.5 Å².